The molecule has 2 aliphatic rings. The number of ether oxygens (including phenoxy) is 1. The van der Waals surface area contributed by atoms with Gasteiger partial charge in [0.1, 0.15) is 0 Å². The summed E-state index contributed by atoms with van der Waals surface area (Å²) in [5.41, 5.74) is 5.11. The van der Waals surface area contributed by atoms with Gasteiger partial charge in [0.15, 0.2) is 17.4 Å². The van der Waals surface area contributed by atoms with Gasteiger partial charge in [-0.3, -0.25) is 4.79 Å². The number of fused-ring (bicyclic) bond motifs is 1. The van der Waals surface area contributed by atoms with Crippen molar-refractivity contribution < 1.29 is 27.8 Å². The lowest BCUT2D eigenvalue weighted by Crippen LogP contribution is -2.69. The lowest BCUT2D eigenvalue weighted by molar-refractivity contribution is -0.0161. The topological polar surface area (TPSA) is 84.6 Å². The highest BCUT2D eigenvalue weighted by Crippen LogP contribution is 2.38. The molecule has 4 N–H and O–H groups in total. The minimum Gasteiger partial charge on any atom is -0.503 e. The normalized spacial score (nSPS) is 30.7. The first kappa shape index (κ1) is 14.2. The fraction of sp³-hybridized carbons (Fsp3) is 0.462. The van der Waals surface area contributed by atoms with E-state index in [-0.39, 0.29) is 18.1 Å². The molecule has 8 heteroatoms. The number of amides is 1. The predicted molar refractivity (Wildman–Crippen MR) is 65.1 cm³/mol. The number of phenols is 1. The molecule has 0 aromatic heterocycles. The third-order valence-corrected chi connectivity index (χ3v) is 4.12. The van der Waals surface area contributed by atoms with Crippen molar-refractivity contribution in [2.24, 2.45) is 11.7 Å². The molecule has 0 spiro atoms. The van der Waals surface area contributed by atoms with Crippen LogP contribution in [0.25, 0.3) is 0 Å². The molecular formula is C13H13F3N2O3. The largest absolute Gasteiger partial charge is 0.503 e. The lowest BCUT2D eigenvalue weighted by Gasteiger charge is -2.45. The second-order valence-electron chi connectivity index (χ2n) is 5.25. The van der Waals surface area contributed by atoms with Crippen molar-refractivity contribution in [3.63, 3.8) is 0 Å². The predicted octanol–water partition coefficient (Wildman–Crippen LogP) is 0.654. The molecule has 114 valence electrons. The highest BCUT2D eigenvalue weighted by Gasteiger charge is 2.52. The van der Waals surface area contributed by atoms with Gasteiger partial charge in [0.05, 0.1) is 17.7 Å². The standard InChI is InChI=1S/C13H13F3N2O3/c14-6-3-5(7(15)11(19)8(6)16)13(20)18-10-9(17)4-1-2-21-12(4)10/h3-4,9-10,12,19H,1-2,17H2,(H,18,20). The van der Waals surface area contributed by atoms with Crippen LogP contribution >= 0.6 is 0 Å². The Morgan fingerprint density at radius 3 is 2.81 bits per heavy atom. The fourth-order valence-corrected chi connectivity index (χ4v) is 2.91. The zero-order chi connectivity index (χ0) is 15.3. The Morgan fingerprint density at radius 2 is 2.10 bits per heavy atom. The molecule has 0 bridgehead atoms. The molecule has 21 heavy (non-hydrogen) atoms. The van der Waals surface area contributed by atoms with Crippen molar-refractivity contribution in [2.75, 3.05) is 6.61 Å². The van der Waals surface area contributed by atoms with Crippen LogP contribution in [0, 0.1) is 23.4 Å². The number of hydrogen-bond donors (Lipinski definition) is 3. The van der Waals surface area contributed by atoms with E-state index in [0.717, 1.165) is 6.42 Å². The first-order valence-corrected chi connectivity index (χ1v) is 6.46. The summed E-state index contributed by atoms with van der Waals surface area (Å²) in [6, 6.07) is -0.445. The van der Waals surface area contributed by atoms with Crippen LogP contribution in [0.3, 0.4) is 0 Å². The van der Waals surface area contributed by atoms with Gasteiger partial charge in [-0.05, 0) is 12.5 Å². The van der Waals surface area contributed by atoms with Gasteiger partial charge in [0.25, 0.3) is 5.91 Å². The van der Waals surface area contributed by atoms with Crippen LogP contribution in [0.4, 0.5) is 13.2 Å². The van der Waals surface area contributed by atoms with Gasteiger partial charge < -0.3 is 20.9 Å². The molecule has 3 rings (SSSR count). The van der Waals surface area contributed by atoms with Gasteiger partial charge in [0, 0.05) is 18.6 Å². The van der Waals surface area contributed by atoms with E-state index in [1.54, 1.807) is 0 Å². The molecule has 1 saturated carbocycles. The summed E-state index contributed by atoms with van der Waals surface area (Å²) in [5, 5.41) is 11.5. The zero-order valence-electron chi connectivity index (χ0n) is 10.8. The van der Waals surface area contributed by atoms with E-state index in [1.165, 1.54) is 0 Å². The zero-order valence-corrected chi connectivity index (χ0v) is 10.8. The maximum atomic E-state index is 13.7. The molecule has 4 atom stereocenters. The van der Waals surface area contributed by atoms with Crippen molar-refractivity contribution in [1.29, 1.82) is 0 Å². The number of nitrogens with two attached hydrogens (primary N) is 1. The van der Waals surface area contributed by atoms with Gasteiger partial charge in [-0.1, -0.05) is 0 Å². The van der Waals surface area contributed by atoms with E-state index in [0.29, 0.717) is 12.7 Å². The number of phenolic OH excluding ortho intramolecular Hbond substituents is 1. The third-order valence-electron chi connectivity index (χ3n) is 4.12. The first-order valence-electron chi connectivity index (χ1n) is 6.46. The summed E-state index contributed by atoms with van der Waals surface area (Å²) < 4.78 is 45.2. The summed E-state index contributed by atoms with van der Waals surface area (Å²) in [7, 11) is 0. The Hall–Kier alpha value is -1.80. The molecule has 1 heterocycles. The first-order chi connectivity index (χ1) is 9.91. The number of halogens is 3. The van der Waals surface area contributed by atoms with Gasteiger partial charge >= 0.3 is 0 Å². The Balaban J connectivity index is 1.80. The molecule has 1 aliphatic carbocycles. The maximum absolute atomic E-state index is 13.7. The monoisotopic (exact) mass is 302 g/mol. The van der Waals surface area contributed by atoms with E-state index in [1.807, 2.05) is 0 Å². The number of carbonyl (C=O) groups excluding carboxylic acids is 1. The second kappa shape index (κ2) is 4.88. The Bertz CT molecular complexity index is 611. The average Bonchev–Trinajstić information content (AvgIpc) is 2.90. The summed E-state index contributed by atoms with van der Waals surface area (Å²) in [5.74, 6) is -7.11. The molecule has 2 fully saturated rings. The lowest BCUT2D eigenvalue weighted by atomic mass is 9.72. The molecule has 1 aromatic rings. The minimum atomic E-state index is -1.73. The van der Waals surface area contributed by atoms with Gasteiger partial charge in [-0.25, -0.2) is 8.78 Å². The summed E-state index contributed by atoms with van der Waals surface area (Å²) >= 11 is 0. The van der Waals surface area contributed by atoms with E-state index in [9.17, 15) is 18.0 Å². The van der Waals surface area contributed by atoms with E-state index in [4.69, 9.17) is 15.6 Å². The van der Waals surface area contributed by atoms with E-state index < -0.39 is 40.7 Å². The van der Waals surface area contributed by atoms with Gasteiger partial charge in [-0.15, -0.1) is 0 Å². The van der Waals surface area contributed by atoms with Crippen molar-refractivity contribution in [2.45, 2.75) is 24.6 Å². The maximum Gasteiger partial charge on any atom is 0.254 e. The molecular weight excluding hydrogens is 289 g/mol. The molecule has 1 saturated heterocycles. The van der Waals surface area contributed by atoms with Gasteiger partial charge in [0.2, 0.25) is 5.82 Å². The Labute approximate surface area is 117 Å². The molecule has 1 aromatic carbocycles. The van der Waals surface area contributed by atoms with Crippen LogP contribution in [0.15, 0.2) is 6.07 Å². The smallest absolute Gasteiger partial charge is 0.254 e. The van der Waals surface area contributed by atoms with Crippen LogP contribution in [-0.2, 0) is 4.74 Å². The van der Waals surface area contributed by atoms with Crippen molar-refractivity contribution >= 4 is 5.91 Å². The fourth-order valence-electron chi connectivity index (χ4n) is 2.91. The Kier molecular flexibility index (Phi) is 3.29. The minimum absolute atomic E-state index is 0.138. The number of nitrogens with one attached hydrogen (secondary N) is 1. The van der Waals surface area contributed by atoms with E-state index in [2.05, 4.69) is 5.32 Å². The third kappa shape index (κ3) is 2.06. The molecule has 5 nitrogen and oxygen atoms in total. The number of hydrogen-bond acceptors (Lipinski definition) is 4. The summed E-state index contributed by atoms with van der Waals surface area (Å²) in [6.07, 6.45) is 0.546. The molecule has 1 amide bonds. The number of carbonyl (C=O) groups is 1. The average molecular weight is 302 g/mol. The van der Waals surface area contributed by atoms with E-state index >= 15 is 0 Å². The number of aromatic hydroxyl groups is 1. The van der Waals surface area contributed by atoms with Crippen molar-refractivity contribution in [3.8, 4) is 5.75 Å². The van der Waals surface area contributed by atoms with Crippen molar-refractivity contribution in [1.82, 2.24) is 5.32 Å². The SMILES string of the molecule is NC1C2CCOC2C1NC(=O)c1cc(F)c(F)c(O)c1F. The number of rotatable bonds is 2. The van der Waals surface area contributed by atoms with Crippen LogP contribution in [0.5, 0.6) is 5.75 Å². The highest BCUT2D eigenvalue weighted by atomic mass is 19.2. The molecule has 0 radical (unpaired) electrons. The quantitative estimate of drug-likeness (QED) is 0.701. The Morgan fingerprint density at radius 1 is 1.38 bits per heavy atom. The van der Waals surface area contributed by atoms with Crippen LogP contribution < -0.4 is 11.1 Å². The molecule has 4 unspecified atom stereocenters. The highest BCUT2D eigenvalue weighted by molar-refractivity contribution is 5.95. The van der Waals surface area contributed by atoms with Crippen LogP contribution in [0.1, 0.15) is 16.8 Å². The van der Waals surface area contributed by atoms with Crippen LogP contribution in [0.2, 0.25) is 0 Å². The van der Waals surface area contributed by atoms with Gasteiger partial charge in [-0.2, -0.15) is 4.39 Å². The summed E-state index contributed by atoms with van der Waals surface area (Å²) in [6.45, 7) is 0.537. The molecule has 1 aliphatic heterocycles. The van der Waals surface area contributed by atoms with Crippen molar-refractivity contribution in [3.05, 3.63) is 29.1 Å². The summed E-state index contributed by atoms with van der Waals surface area (Å²) in [4.78, 5) is 12.0. The number of benzene rings is 1. The van der Waals surface area contributed by atoms with Crippen LogP contribution in [-0.4, -0.2) is 35.8 Å². The second-order valence-corrected chi connectivity index (χ2v) is 5.25.